The number of sulfonamides is 1. The van der Waals surface area contributed by atoms with E-state index in [1.165, 1.54) is 43.6 Å². The Morgan fingerprint density at radius 2 is 1.95 bits per heavy atom. The van der Waals surface area contributed by atoms with Crippen molar-refractivity contribution in [1.29, 1.82) is 0 Å². The third kappa shape index (κ3) is 3.33. The summed E-state index contributed by atoms with van der Waals surface area (Å²) < 4.78 is 31.7. The van der Waals surface area contributed by atoms with E-state index < -0.39 is 10.0 Å². The second-order valence-electron chi connectivity index (χ2n) is 3.76. The number of aromatic nitrogens is 1. The average Bonchev–Trinajstić information content (AvgIpc) is 2.41. The zero-order chi connectivity index (χ0) is 14.8. The molecule has 2 rings (SSSR count). The number of ether oxygens (including phenoxy) is 1. The van der Waals surface area contributed by atoms with Gasteiger partial charge in [0.2, 0.25) is 0 Å². The number of nitrogens with one attached hydrogen (secondary N) is 1. The fourth-order valence-corrected chi connectivity index (χ4v) is 2.77. The van der Waals surface area contributed by atoms with Gasteiger partial charge < -0.3 is 4.74 Å². The van der Waals surface area contributed by atoms with Crippen molar-refractivity contribution >= 4 is 39.0 Å². The van der Waals surface area contributed by atoms with E-state index in [0.717, 1.165) is 0 Å². The largest absolute Gasteiger partial charge is 0.495 e. The van der Waals surface area contributed by atoms with Crippen molar-refractivity contribution < 1.29 is 13.2 Å². The van der Waals surface area contributed by atoms with E-state index in [4.69, 9.17) is 27.9 Å². The van der Waals surface area contributed by atoms with E-state index in [-0.39, 0.29) is 16.5 Å². The zero-order valence-corrected chi connectivity index (χ0v) is 12.6. The van der Waals surface area contributed by atoms with E-state index in [2.05, 4.69) is 9.71 Å². The molecular formula is C12H10Cl2N2O3S. The van der Waals surface area contributed by atoms with Gasteiger partial charge in [0.05, 0.1) is 22.1 Å². The summed E-state index contributed by atoms with van der Waals surface area (Å²) in [5, 5.41) is 0.747. The maximum Gasteiger partial charge on any atom is 0.263 e. The Labute approximate surface area is 126 Å². The Morgan fingerprint density at radius 3 is 2.55 bits per heavy atom. The molecule has 0 saturated heterocycles. The van der Waals surface area contributed by atoms with Crippen LogP contribution in [-0.4, -0.2) is 20.5 Å². The van der Waals surface area contributed by atoms with Gasteiger partial charge in [-0.25, -0.2) is 13.4 Å². The molecule has 0 unspecified atom stereocenters. The van der Waals surface area contributed by atoms with Gasteiger partial charge in [0.25, 0.3) is 10.0 Å². The standard InChI is InChI=1S/C12H10Cl2N2O3S/c1-19-11-6-9(3-4-10(11)14)20(17,18)16-12-5-2-8(13)7-15-12/h2-7H,1H3,(H,15,16). The summed E-state index contributed by atoms with van der Waals surface area (Å²) in [6.07, 6.45) is 1.35. The minimum Gasteiger partial charge on any atom is -0.495 e. The smallest absolute Gasteiger partial charge is 0.263 e. The predicted octanol–water partition coefficient (Wildman–Crippen LogP) is 3.20. The Bertz CT molecular complexity index is 718. The summed E-state index contributed by atoms with van der Waals surface area (Å²) in [6, 6.07) is 7.16. The first-order valence-corrected chi connectivity index (χ1v) is 7.64. The van der Waals surface area contributed by atoms with Crippen LogP contribution in [0.5, 0.6) is 5.75 Å². The number of methoxy groups -OCH3 is 1. The van der Waals surface area contributed by atoms with Crippen molar-refractivity contribution in [3.05, 3.63) is 46.6 Å². The number of nitrogens with zero attached hydrogens (tertiary/aromatic N) is 1. The highest BCUT2D eigenvalue weighted by Crippen LogP contribution is 2.27. The van der Waals surface area contributed by atoms with Gasteiger partial charge in [-0.15, -0.1) is 0 Å². The Kier molecular flexibility index (Phi) is 4.37. The fraction of sp³-hybridized carbons (Fsp3) is 0.0833. The van der Waals surface area contributed by atoms with Gasteiger partial charge in [-0.3, -0.25) is 4.72 Å². The molecule has 1 aromatic heterocycles. The summed E-state index contributed by atoms with van der Waals surface area (Å²) in [5.41, 5.74) is 0. The Balaban J connectivity index is 2.33. The van der Waals surface area contributed by atoms with Crippen LogP contribution in [-0.2, 0) is 10.0 Å². The molecule has 1 aromatic carbocycles. The van der Waals surface area contributed by atoms with Crippen LogP contribution in [0.1, 0.15) is 0 Å². The molecule has 8 heteroatoms. The van der Waals surface area contributed by atoms with E-state index >= 15 is 0 Å². The number of anilines is 1. The van der Waals surface area contributed by atoms with Crippen molar-refractivity contribution in [2.24, 2.45) is 0 Å². The first-order chi connectivity index (χ1) is 9.42. The molecule has 0 radical (unpaired) electrons. The molecule has 20 heavy (non-hydrogen) atoms. The normalized spacial score (nSPS) is 11.2. The second kappa shape index (κ2) is 5.87. The van der Waals surface area contributed by atoms with Gasteiger partial charge in [-0.2, -0.15) is 0 Å². The van der Waals surface area contributed by atoms with Crippen LogP contribution in [0.4, 0.5) is 5.82 Å². The summed E-state index contributed by atoms with van der Waals surface area (Å²) in [6.45, 7) is 0. The van der Waals surface area contributed by atoms with Crippen molar-refractivity contribution in [3.63, 3.8) is 0 Å². The van der Waals surface area contributed by atoms with Crippen LogP contribution in [0.2, 0.25) is 10.0 Å². The van der Waals surface area contributed by atoms with Crippen molar-refractivity contribution in [2.45, 2.75) is 4.90 Å². The first kappa shape index (κ1) is 14.9. The Hall–Kier alpha value is -1.50. The summed E-state index contributed by atoms with van der Waals surface area (Å²) in [5.74, 6) is 0.446. The van der Waals surface area contributed by atoms with Gasteiger partial charge >= 0.3 is 0 Å². The molecule has 0 aliphatic heterocycles. The highest BCUT2D eigenvalue weighted by Gasteiger charge is 2.16. The van der Waals surface area contributed by atoms with Crippen LogP contribution in [0, 0.1) is 0 Å². The van der Waals surface area contributed by atoms with E-state index in [1.807, 2.05) is 0 Å². The van der Waals surface area contributed by atoms with Crippen LogP contribution in [0.3, 0.4) is 0 Å². The number of benzene rings is 1. The lowest BCUT2D eigenvalue weighted by molar-refractivity contribution is 0.413. The molecule has 0 spiro atoms. The monoisotopic (exact) mass is 332 g/mol. The minimum absolute atomic E-state index is 0.0236. The SMILES string of the molecule is COc1cc(S(=O)(=O)Nc2ccc(Cl)cn2)ccc1Cl. The molecule has 1 N–H and O–H groups in total. The highest BCUT2D eigenvalue weighted by molar-refractivity contribution is 7.92. The summed E-state index contributed by atoms with van der Waals surface area (Å²) >= 11 is 11.5. The van der Waals surface area contributed by atoms with Crippen LogP contribution in [0.25, 0.3) is 0 Å². The van der Waals surface area contributed by atoms with Gasteiger partial charge in [-0.1, -0.05) is 23.2 Å². The van der Waals surface area contributed by atoms with E-state index in [0.29, 0.717) is 10.0 Å². The molecule has 5 nitrogen and oxygen atoms in total. The molecule has 1 heterocycles. The third-order valence-electron chi connectivity index (χ3n) is 2.40. The summed E-state index contributed by atoms with van der Waals surface area (Å²) in [7, 11) is -2.36. The quantitative estimate of drug-likeness (QED) is 0.933. The molecular weight excluding hydrogens is 323 g/mol. The van der Waals surface area contributed by atoms with Gasteiger partial charge in [0, 0.05) is 12.3 Å². The molecule has 106 valence electrons. The number of pyridine rings is 1. The fourth-order valence-electron chi connectivity index (χ4n) is 1.44. The zero-order valence-electron chi connectivity index (χ0n) is 10.3. The van der Waals surface area contributed by atoms with Crippen molar-refractivity contribution in [3.8, 4) is 5.75 Å². The van der Waals surface area contributed by atoms with Gasteiger partial charge in [-0.05, 0) is 24.3 Å². The maximum absolute atomic E-state index is 12.2. The predicted molar refractivity (Wildman–Crippen MR) is 78.1 cm³/mol. The molecule has 0 aliphatic rings. The summed E-state index contributed by atoms with van der Waals surface area (Å²) in [4.78, 5) is 3.89. The highest BCUT2D eigenvalue weighted by atomic mass is 35.5. The number of hydrogen-bond donors (Lipinski definition) is 1. The molecule has 0 aliphatic carbocycles. The second-order valence-corrected chi connectivity index (χ2v) is 6.29. The topological polar surface area (TPSA) is 68.3 Å². The van der Waals surface area contributed by atoms with Crippen LogP contribution in [0.15, 0.2) is 41.4 Å². The number of halogens is 2. The lowest BCUT2D eigenvalue weighted by Crippen LogP contribution is -2.13. The molecule has 0 amide bonds. The average molecular weight is 333 g/mol. The molecule has 0 atom stereocenters. The molecule has 0 fully saturated rings. The lowest BCUT2D eigenvalue weighted by Gasteiger charge is -2.09. The number of hydrogen-bond acceptors (Lipinski definition) is 4. The lowest BCUT2D eigenvalue weighted by atomic mass is 10.3. The van der Waals surface area contributed by atoms with Crippen LogP contribution < -0.4 is 9.46 Å². The first-order valence-electron chi connectivity index (χ1n) is 5.40. The van der Waals surface area contributed by atoms with Crippen molar-refractivity contribution in [1.82, 2.24) is 4.98 Å². The van der Waals surface area contributed by atoms with Gasteiger partial charge in [0.15, 0.2) is 0 Å². The molecule has 0 bridgehead atoms. The van der Waals surface area contributed by atoms with Gasteiger partial charge in [0.1, 0.15) is 11.6 Å². The number of rotatable bonds is 4. The van der Waals surface area contributed by atoms with Crippen molar-refractivity contribution in [2.75, 3.05) is 11.8 Å². The minimum atomic E-state index is -3.77. The Morgan fingerprint density at radius 1 is 1.20 bits per heavy atom. The van der Waals surface area contributed by atoms with E-state index in [1.54, 1.807) is 0 Å². The molecule has 0 saturated carbocycles. The maximum atomic E-state index is 12.2. The molecule has 2 aromatic rings. The van der Waals surface area contributed by atoms with E-state index in [9.17, 15) is 8.42 Å². The van der Waals surface area contributed by atoms with Crippen LogP contribution >= 0.6 is 23.2 Å². The third-order valence-corrected chi connectivity index (χ3v) is 4.29.